The molecule has 150 valence electrons. The van der Waals surface area contributed by atoms with E-state index in [1.54, 1.807) is 16.8 Å². The second-order valence-electron chi connectivity index (χ2n) is 7.90. The van der Waals surface area contributed by atoms with Gasteiger partial charge in [0.1, 0.15) is 24.2 Å². The minimum Gasteiger partial charge on any atom is -0.488 e. The molecule has 2 aliphatic rings. The van der Waals surface area contributed by atoms with Crippen molar-refractivity contribution in [2.75, 3.05) is 19.7 Å². The van der Waals surface area contributed by atoms with Gasteiger partial charge in [-0.3, -0.25) is 9.48 Å². The quantitative estimate of drug-likeness (QED) is 0.810. The van der Waals surface area contributed by atoms with Crippen LogP contribution in [-0.2, 0) is 16.1 Å². The average molecular weight is 387 g/mol. The highest BCUT2D eigenvalue weighted by Gasteiger charge is 2.45. The lowest BCUT2D eigenvalue weighted by atomic mass is 9.89. The van der Waals surface area contributed by atoms with Crippen molar-refractivity contribution in [1.82, 2.24) is 14.7 Å². The van der Waals surface area contributed by atoms with Crippen LogP contribution in [0.3, 0.4) is 0 Å². The zero-order valence-corrected chi connectivity index (χ0v) is 16.4. The van der Waals surface area contributed by atoms with Crippen LogP contribution in [0.1, 0.15) is 30.7 Å². The fourth-order valence-electron chi connectivity index (χ4n) is 4.24. The number of rotatable bonds is 4. The topological polar surface area (TPSA) is 56.6 Å². The molecule has 0 aliphatic carbocycles. The van der Waals surface area contributed by atoms with E-state index >= 15 is 0 Å². The first-order valence-corrected chi connectivity index (χ1v) is 9.77. The Labute approximate surface area is 164 Å². The molecule has 1 aromatic heterocycles. The summed E-state index contributed by atoms with van der Waals surface area (Å²) >= 11 is 0. The summed E-state index contributed by atoms with van der Waals surface area (Å²) in [6.07, 6.45) is 2.47. The smallest absolute Gasteiger partial charge is 0.244 e. The van der Waals surface area contributed by atoms with E-state index in [1.807, 2.05) is 24.8 Å². The van der Waals surface area contributed by atoms with Crippen LogP contribution in [0.25, 0.3) is 0 Å². The van der Waals surface area contributed by atoms with Crippen LogP contribution in [-0.4, -0.2) is 52.0 Å². The largest absolute Gasteiger partial charge is 0.488 e. The third-order valence-electron chi connectivity index (χ3n) is 5.57. The number of aryl methyl sites for hydroxylation is 2. The van der Waals surface area contributed by atoms with E-state index in [2.05, 4.69) is 5.10 Å². The molecule has 0 N–H and O–H groups in total. The molecule has 6 nitrogen and oxygen atoms in total. The minimum atomic E-state index is -0.353. The van der Waals surface area contributed by atoms with Crippen LogP contribution >= 0.6 is 0 Å². The van der Waals surface area contributed by atoms with Crippen LogP contribution < -0.4 is 4.74 Å². The number of halogens is 1. The van der Waals surface area contributed by atoms with Gasteiger partial charge in [-0.15, -0.1) is 0 Å². The number of carbonyl (C=O) groups is 1. The Morgan fingerprint density at radius 1 is 1.36 bits per heavy atom. The fourth-order valence-corrected chi connectivity index (χ4v) is 4.24. The maximum absolute atomic E-state index is 13.1. The fraction of sp³-hybridized carbons (Fsp3) is 0.524. The van der Waals surface area contributed by atoms with Crippen molar-refractivity contribution in [2.45, 2.75) is 51.4 Å². The van der Waals surface area contributed by atoms with Gasteiger partial charge in [0, 0.05) is 25.2 Å². The lowest BCUT2D eigenvalue weighted by molar-refractivity contribution is -0.140. The van der Waals surface area contributed by atoms with E-state index in [4.69, 9.17) is 9.47 Å². The van der Waals surface area contributed by atoms with Gasteiger partial charge < -0.3 is 14.4 Å². The highest BCUT2D eigenvalue weighted by molar-refractivity contribution is 5.76. The molecule has 3 heterocycles. The molecule has 2 saturated heterocycles. The van der Waals surface area contributed by atoms with Crippen LogP contribution in [0, 0.1) is 19.7 Å². The summed E-state index contributed by atoms with van der Waals surface area (Å²) in [5, 5.41) is 4.39. The van der Waals surface area contributed by atoms with E-state index in [9.17, 15) is 9.18 Å². The Hall–Kier alpha value is -2.41. The first kappa shape index (κ1) is 18.9. The molecular weight excluding hydrogens is 361 g/mol. The molecule has 28 heavy (non-hydrogen) atoms. The summed E-state index contributed by atoms with van der Waals surface area (Å²) in [7, 11) is 0. The number of ether oxygens (including phenoxy) is 2. The molecule has 2 fully saturated rings. The zero-order valence-electron chi connectivity index (χ0n) is 16.4. The number of piperidine rings is 1. The number of carbonyl (C=O) groups excluding carboxylic acids is 1. The predicted molar refractivity (Wildman–Crippen MR) is 102 cm³/mol. The Morgan fingerprint density at radius 3 is 2.86 bits per heavy atom. The first-order chi connectivity index (χ1) is 13.4. The number of benzene rings is 1. The highest BCUT2D eigenvalue weighted by Crippen LogP contribution is 2.36. The van der Waals surface area contributed by atoms with Gasteiger partial charge in [-0.2, -0.15) is 5.10 Å². The summed E-state index contributed by atoms with van der Waals surface area (Å²) in [4.78, 5) is 14.7. The number of likely N-dealkylation sites (tertiary alicyclic amines) is 1. The van der Waals surface area contributed by atoms with Gasteiger partial charge in [-0.1, -0.05) is 0 Å². The van der Waals surface area contributed by atoms with Gasteiger partial charge in [0.2, 0.25) is 5.91 Å². The minimum absolute atomic E-state index is 0.0665. The molecule has 0 saturated carbocycles. The third kappa shape index (κ3) is 4.04. The SMILES string of the molecule is Cc1cc(C)n(CC(=O)N2CCC[C@]3(C[C@@H](Oc4ccc(F)cc4)CO3)C2)n1. The molecule has 0 radical (unpaired) electrons. The average Bonchev–Trinajstić information content (AvgIpc) is 3.19. The number of amides is 1. The third-order valence-corrected chi connectivity index (χ3v) is 5.57. The van der Waals surface area contributed by atoms with Gasteiger partial charge in [0.15, 0.2) is 0 Å². The van der Waals surface area contributed by atoms with E-state index in [0.29, 0.717) is 18.9 Å². The van der Waals surface area contributed by atoms with E-state index in [-0.39, 0.29) is 30.0 Å². The van der Waals surface area contributed by atoms with Crippen molar-refractivity contribution in [1.29, 1.82) is 0 Å². The van der Waals surface area contributed by atoms with Crippen molar-refractivity contribution in [3.8, 4) is 5.75 Å². The second kappa shape index (κ2) is 7.54. The summed E-state index contributed by atoms with van der Waals surface area (Å²) < 4.78 is 26.9. The molecule has 0 unspecified atom stereocenters. The molecule has 2 aromatic rings. The number of nitrogens with zero attached hydrogens (tertiary/aromatic N) is 3. The summed E-state index contributed by atoms with van der Waals surface area (Å²) in [5.74, 6) is 0.424. The Morgan fingerprint density at radius 2 is 2.14 bits per heavy atom. The van der Waals surface area contributed by atoms with Crippen molar-refractivity contribution in [3.05, 3.63) is 47.5 Å². The monoisotopic (exact) mass is 387 g/mol. The molecule has 0 bridgehead atoms. The van der Waals surface area contributed by atoms with Crippen LogP contribution in [0.5, 0.6) is 5.75 Å². The number of hydrogen-bond donors (Lipinski definition) is 0. The van der Waals surface area contributed by atoms with E-state index < -0.39 is 0 Å². The van der Waals surface area contributed by atoms with Crippen LogP contribution in [0.2, 0.25) is 0 Å². The molecule has 2 aliphatic heterocycles. The van der Waals surface area contributed by atoms with Crippen molar-refractivity contribution in [2.24, 2.45) is 0 Å². The van der Waals surface area contributed by atoms with Crippen molar-refractivity contribution in [3.63, 3.8) is 0 Å². The number of hydrogen-bond acceptors (Lipinski definition) is 4. The molecule has 1 aromatic carbocycles. The predicted octanol–water partition coefficient (Wildman–Crippen LogP) is 2.87. The van der Waals surface area contributed by atoms with Gasteiger partial charge in [-0.05, 0) is 57.0 Å². The lowest BCUT2D eigenvalue weighted by Crippen LogP contribution is -2.51. The van der Waals surface area contributed by atoms with Gasteiger partial charge >= 0.3 is 0 Å². The Bertz CT molecular complexity index is 851. The zero-order chi connectivity index (χ0) is 19.7. The molecule has 1 amide bonds. The Kier molecular flexibility index (Phi) is 5.10. The molecule has 7 heteroatoms. The van der Waals surface area contributed by atoms with Crippen molar-refractivity contribution < 1.29 is 18.7 Å². The standard InChI is InChI=1S/C21H26FN3O3/c1-15-10-16(2)25(23-15)12-20(26)24-9-3-8-21(14-24)11-19(13-27-21)28-18-6-4-17(22)5-7-18/h4-7,10,19H,3,8-9,11-14H2,1-2H3/t19-,21+/m1/s1. The number of aromatic nitrogens is 2. The molecule has 1 spiro atoms. The van der Waals surface area contributed by atoms with Gasteiger partial charge in [0.25, 0.3) is 0 Å². The highest BCUT2D eigenvalue weighted by atomic mass is 19.1. The second-order valence-corrected chi connectivity index (χ2v) is 7.90. The molecule has 4 rings (SSSR count). The first-order valence-electron chi connectivity index (χ1n) is 9.77. The molecule has 2 atom stereocenters. The van der Waals surface area contributed by atoms with Crippen LogP contribution in [0.4, 0.5) is 4.39 Å². The van der Waals surface area contributed by atoms with Gasteiger partial charge in [0.05, 0.1) is 17.9 Å². The lowest BCUT2D eigenvalue weighted by Gasteiger charge is -2.39. The van der Waals surface area contributed by atoms with Crippen molar-refractivity contribution >= 4 is 5.91 Å². The maximum atomic E-state index is 13.1. The maximum Gasteiger partial charge on any atom is 0.244 e. The van der Waals surface area contributed by atoms with Gasteiger partial charge in [-0.25, -0.2) is 4.39 Å². The summed E-state index contributed by atoms with van der Waals surface area (Å²) in [6.45, 7) is 5.95. The molecular formula is C21H26FN3O3. The summed E-state index contributed by atoms with van der Waals surface area (Å²) in [5.41, 5.74) is 1.55. The Balaban J connectivity index is 1.37. The normalized spacial score (nSPS) is 24.7. The van der Waals surface area contributed by atoms with Crippen LogP contribution in [0.15, 0.2) is 30.3 Å². The van der Waals surface area contributed by atoms with E-state index in [1.165, 1.54) is 12.1 Å². The summed E-state index contributed by atoms with van der Waals surface area (Å²) in [6, 6.07) is 8.02. The van der Waals surface area contributed by atoms with E-state index in [0.717, 1.165) is 37.2 Å².